The first-order valence-corrected chi connectivity index (χ1v) is 16.2. The molecule has 262 valence electrons. The van der Waals surface area contributed by atoms with Crippen LogP contribution in [-0.4, -0.2) is 74.9 Å². The Morgan fingerprint density at radius 3 is 2.50 bits per heavy atom. The number of carbonyl (C=O) groups is 5. The number of anilines is 2. The van der Waals surface area contributed by atoms with Gasteiger partial charge in [-0.2, -0.15) is 5.10 Å². The third-order valence-electron chi connectivity index (χ3n) is 7.96. The molecule has 1 fully saturated rings. The zero-order chi connectivity index (χ0) is 35.8. The average Bonchev–Trinajstić information content (AvgIpc) is 3.88. The van der Waals surface area contributed by atoms with E-state index in [2.05, 4.69) is 26.0 Å². The second kappa shape index (κ2) is 15.9. The molecule has 4 amide bonds. The Morgan fingerprint density at radius 2 is 1.78 bits per heavy atom. The van der Waals surface area contributed by atoms with Gasteiger partial charge in [-0.1, -0.05) is 43.3 Å². The van der Waals surface area contributed by atoms with Crippen molar-refractivity contribution in [3.8, 4) is 0 Å². The Labute approximate surface area is 288 Å². The van der Waals surface area contributed by atoms with Crippen LogP contribution in [0.1, 0.15) is 70.5 Å². The Balaban J connectivity index is 1.20. The van der Waals surface area contributed by atoms with E-state index in [1.165, 1.54) is 13.3 Å². The number of nitrogens with zero attached hydrogens (tertiary/aromatic N) is 4. The fourth-order valence-corrected chi connectivity index (χ4v) is 5.03. The van der Waals surface area contributed by atoms with Crippen LogP contribution in [0.2, 0.25) is 0 Å². The second-order valence-electron chi connectivity index (χ2n) is 11.8. The van der Waals surface area contributed by atoms with Crippen molar-refractivity contribution in [3.63, 3.8) is 0 Å². The summed E-state index contributed by atoms with van der Waals surface area (Å²) in [6, 6.07) is 12.5. The Morgan fingerprint density at radius 1 is 1.02 bits per heavy atom. The highest BCUT2D eigenvalue weighted by molar-refractivity contribution is 6.04. The molecule has 4 aromatic rings. The van der Waals surface area contributed by atoms with Gasteiger partial charge in [0.05, 0.1) is 5.56 Å². The molecule has 5 rings (SSSR count). The van der Waals surface area contributed by atoms with Gasteiger partial charge < -0.3 is 30.2 Å². The molecule has 1 aliphatic carbocycles. The summed E-state index contributed by atoms with van der Waals surface area (Å²) in [5, 5.41) is 12.8. The number of amides is 4. The average molecular weight is 686 g/mol. The third kappa shape index (κ3) is 8.53. The van der Waals surface area contributed by atoms with Crippen LogP contribution in [0.4, 0.5) is 21.1 Å². The molecule has 15 heteroatoms. The van der Waals surface area contributed by atoms with Gasteiger partial charge in [0.2, 0.25) is 6.79 Å². The molecule has 1 saturated carbocycles. The highest BCUT2D eigenvalue weighted by atomic mass is 16.7. The van der Waals surface area contributed by atoms with E-state index in [0.717, 1.165) is 22.4 Å². The van der Waals surface area contributed by atoms with Crippen molar-refractivity contribution in [2.45, 2.75) is 65.6 Å². The summed E-state index contributed by atoms with van der Waals surface area (Å²) < 4.78 is 16.8. The summed E-state index contributed by atoms with van der Waals surface area (Å²) in [4.78, 5) is 69.3. The molecule has 2 aromatic heterocycles. The lowest BCUT2D eigenvalue weighted by molar-refractivity contribution is -0.154. The van der Waals surface area contributed by atoms with Crippen LogP contribution in [-0.2, 0) is 25.6 Å². The number of alkyl carbamates (subject to hydrolysis) is 1. The molecular weight excluding hydrogens is 646 g/mol. The summed E-state index contributed by atoms with van der Waals surface area (Å²) in [7, 11) is 0. The molecule has 0 saturated heterocycles. The van der Waals surface area contributed by atoms with E-state index >= 15 is 0 Å². The smallest absolute Gasteiger partial charge is 0.419 e. The molecule has 50 heavy (non-hydrogen) atoms. The monoisotopic (exact) mass is 685 g/mol. The standard InChI is InChI=1S/C35H39N7O8/c1-5-15-36-31(43)27-17-41-29(22(27)3)30(37-19-38-41)40-28-16-25(12-11-21(28)2)32(44)42(26-13-14-26)35(47)50-20-49-33(45)23(4)39-34(46)48-18-24-9-7-6-8-10-24/h6-12,16-17,19,23,26H,5,13-15,18,20H2,1-4H3,(H,36,43)(H,39,46)(H,37,38,40). The number of nitrogens with one attached hydrogen (secondary N) is 3. The van der Waals surface area contributed by atoms with E-state index in [0.29, 0.717) is 47.5 Å². The topological polar surface area (TPSA) is 183 Å². The zero-order valence-corrected chi connectivity index (χ0v) is 28.2. The van der Waals surface area contributed by atoms with Gasteiger partial charge >= 0.3 is 18.2 Å². The van der Waals surface area contributed by atoms with Crippen LogP contribution in [0.25, 0.3) is 5.52 Å². The molecule has 0 spiro atoms. The number of ether oxygens (including phenoxy) is 3. The van der Waals surface area contributed by atoms with E-state index in [1.54, 1.807) is 41.0 Å². The van der Waals surface area contributed by atoms with E-state index < -0.39 is 36.9 Å². The SMILES string of the molecule is CCCNC(=O)c1cn2ncnc(Nc3cc(C(=O)N(C(=O)OCOC(=O)C(C)NC(=O)OCc4ccccc4)C4CC4)ccc3C)c2c1C. The van der Waals surface area contributed by atoms with Crippen LogP contribution in [0, 0.1) is 13.8 Å². The van der Waals surface area contributed by atoms with Crippen molar-refractivity contribution in [2.75, 3.05) is 18.7 Å². The van der Waals surface area contributed by atoms with Crippen LogP contribution in [0.3, 0.4) is 0 Å². The molecule has 0 bridgehead atoms. The summed E-state index contributed by atoms with van der Waals surface area (Å²) in [6.07, 6.45) is 3.21. The number of imide groups is 1. The molecule has 1 aliphatic rings. The maximum absolute atomic E-state index is 13.7. The van der Waals surface area contributed by atoms with Crippen molar-refractivity contribution in [1.82, 2.24) is 30.1 Å². The molecule has 1 atom stereocenters. The minimum absolute atomic E-state index is 0.0210. The van der Waals surface area contributed by atoms with Crippen LogP contribution in [0.5, 0.6) is 0 Å². The molecule has 1 unspecified atom stereocenters. The fourth-order valence-electron chi connectivity index (χ4n) is 5.03. The van der Waals surface area contributed by atoms with Gasteiger partial charge in [0, 0.05) is 30.0 Å². The first-order chi connectivity index (χ1) is 24.1. The van der Waals surface area contributed by atoms with Crippen LogP contribution in [0.15, 0.2) is 61.1 Å². The number of hydrogen-bond acceptors (Lipinski definition) is 11. The van der Waals surface area contributed by atoms with Gasteiger partial charge in [0.15, 0.2) is 5.82 Å². The van der Waals surface area contributed by atoms with Gasteiger partial charge in [0.1, 0.15) is 24.5 Å². The normalized spacial score (nSPS) is 12.8. The lowest BCUT2D eigenvalue weighted by Gasteiger charge is -2.21. The lowest BCUT2D eigenvalue weighted by atomic mass is 10.1. The Kier molecular flexibility index (Phi) is 11.3. The predicted molar refractivity (Wildman–Crippen MR) is 181 cm³/mol. The first kappa shape index (κ1) is 35.3. The molecule has 3 N–H and O–H groups in total. The predicted octanol–water partition coefficient (Wildman–Crippen LogP) is 4.79. The van der Waals surface area contributed by atoms with Gasteiger partial charge in [-0.15, -0.1) is 0 Å². The highest BCUT2D eigenvalue weighted by Crippen LogP contribution is 2.31. The Hall–Kier alpha value is -5.99. The molecular formula is C35H39N7O8. The van der Waals surface area contributed by atoms with E-state index in [4.69, 9.17) is 14.2 Å². The second-order valence-corrected chi connectivity index (χ2v) is 11.8. The Bertz CT molecular complexity index is 1890. The maximum Gasteiger partial charge on any atom is 0.419 e. The van der Waals surface area contributed by atoms with Crippen molar-refractivity contribution in [1.29, 1.82) is 0 Å². The molecule has 2 heterocycles. The minimum Gasteiger partial charge on any atom is -0.445 e. The molecule has 0 radical (unpaired) electrons. The van der Waals surface area contributed by atoms with Crippen LogP contribution >= 0.6 is 0 Å². The maximum atomic E-state index is 13.7. The number of carbonyl (C=O) groups excluding carboxylic acids is 5. The summed E-state index contributed by atoms with van der Waals surface area (Å²) in [5.74, 6) is -1.24. The van der Waals surface area contributed by atoms with Crippen LogP contribution < -0.4 is 16.0 Å². The summed E-state index contributed by atoms with van der Waals surface area (Å²) in [5.41, 5.74) is 4.08. The van der Waals surface area contributed by atoms with Gasteiger partial charge in [-0.05, 0) is 68.9 Å². The minimum atomic E-state index is -1.09. The molecule has 0 aliphatic heterocycles. The fraction of sp³-hybridized carbons (Fsp3) is 0.343. The van der Waals surface area contributed by atoms with Gasteiger partial charge in [-0.3, -0.25) is 9.59 Å². The molecule has 2 aromatic carbocycles. The van der Waals surface area contributed by atoms with E-state index in [1.807, 2.05) is 39.0 Å². The number of rotatable bonds is 13. The van der Waals surface area contributed by atoms with Crippen molar-refractivity contribution >= 4 is 47.0 Å². The van der Waals surface area contributed by atoms with Crippen molar-refractivity contribution in [2.24, 2.45) is 0 Å². The zero-order valence-electron chi connectivity index (χ0n) is 28.2. The third-order valence-corrected chi connectivity index (χ3v) is 7.96. The summed E-state index contributed by atoms with van der Waals surface area (Å²) >= 11 is 0. The molecule has 15 nitrogen and oxygen atoms in total. The number of benzene rings is 2. The lowest BCUT2D eigenvalue weighted by Crippen LogP contribution is -2.41. The number of hydrogen-bond donors (Lipinski definition) is 3. The van der Waals surface area contributed by atoms with Crippen molar-refractivity contribution < 1.29 is 38.2 Å². The van der Waals surface area contributed by atoms with Gasteiger partial charge in [-0.25, -0.2) is 28.8 Å². The van der Waals surface area contributed by atoms with E-state index in [9.17, 15) is 24.0 Å². The first-order valence-electron chi connectivity index (χ1n) is 16.2. The van der Waals surface area contributed by atoms with Crippen molar-refractivity contribution in [3.05, 3.63) is 88.9 Å². The summed E-state index contributed by atoms with van der Waals surface area (Å²) in [6.45, 7) is 6.83. The highest BCUT2D eigenvalue weighted by Gasteiger charge is 2.39. The van der Waals surface area contributed by atoms with E-state index in [-0.39, 0.29) is 24.1 Å². The number of esters is 1. The number of fused-ring (bicyclic) bond motifs is 1. The number of aromatic nitrogens is 3. The number of aryl methyl sites for hydroxylation is 2. The van der Waals surface area contributed by atoms with Gasteiger partial charge in [0.25, 0.3) is 11.8 Å². The quantitative estimate of drug-likeness (QED) is 0.130. The largest absolute Gasteiger partial charge is 0.445 e.